The first kappa shape index (κ1) is 20.6. The van der Waals surface area contributed by atoms with Crippen LogP contribution in [0.15, 0.2) is 54.6 Å². The fourth-order valence-electron chi connectivity index (χ4n) is 5.08. The Morgan fingerprint density at radius 2 is 1.79 bits per heavy atom. The Morgan fingerprint density at radius 3 is 2.55 bits per heavy atom. The number of nitrogens with one attached hydrogen (secondary N) is 1. The second kappa shape index (κ2) is 9.46. The number of benzene rings is 2. The summed E-state index contributed by atoms with van der Waals surface area (Å²) in [5.74, 6) is 0.716. The molecule has 4 rings (SSSR count). The molecule has 1 aliphatic carbocycles. The molecule has 1 N–H and O–H groups in total. The van der Waals surface area contributed by atoms with Gasteiger partial charge in [-0.1, -0.05) is 54.1 Å². The number of likely N-dealkylation sites (tertiary alicyclic amines) is 1. The first-order valence-corrected chi connectivity index (χ1v) is 11.4. The summed E-state index contributed by atoms with van der Waals surface area (Å²) in [6, 6.07) is 18.6. The number of halogens is 1. The van der Waals surface area contributed by atoms with E-state index in [1.54, 1.807) is 0 Å². The smallest absolute Gasteiger partial charge is 0.261 e. The third-order valence-corrected chi connectivity index (χ3v) is 7.18. The molecule has 0 aromatic heterocycles. The molecule has 2 aromatic carbocycles. The SMILES string of the molecule is S=C(Nc1ccccc1Cl)OCCN1CCCC12CCC(c1ccccc1)CC2. The third kappa shape index (κ3) is 4.93. The van der Waals surface area contributed by atoms with E-state index in [4.69, 9.17) is 28.6 Å². The number of hydrogen-bond acceptors (Lipinski definition) is 3. The lowest BCUT2D eigenvalue weighted by atomic mass is 9.73. The Morgan fingerprint density at radius 1 is 1.07 bits per heavy atom. The van der Waals surface area contributed by atoms with Crippen molar-refractivity contribution in [3.8, 4) is 0 Å². The van der Waals surface area contributed by atoms with Crippen LogP contribution in [0.5, 0.6) is 0 Å². The minimum absolute atomic E-state index is 0.367. The van der Waals surface area contributed by atoms with Crippen molar-refractivity contribution in [2.24, 2.45) is 0 Å². The molecular weight excluding hydrogens is 400 g/mol. The molecule has 5 heteroatoms. The summed E-state index contributed by atoms with van der Waals surface area (Å²) in [6.07, 6.45) is 7.75. The second-order valence-corrected chi connectivity index (χ2v) is 9.02. The molecule has 3 nitrogen and oxygen atoms in total. The molecule has 1 spiro atoms. The van der Waals surface area contributed by atoms with Gasteiger partial charge in [0.25, 0.3) is 5.17 Å². The van der Waals surface area contributed by atoms with E-state index in [2.05, 4.69) is 40.5 Å². The molecule has 1 saturated heterocycles. The zero-order chi connectivity index (χ0) is 20.1. The molecule has 2 aromatic rings. The normalized spacial score (nSPS) is 24.5. The van der Waals surface area contributed by atoms with Crippen LogP contribution in [0.2, 0.25) is 5.02 Å². The molecule has 1 aliphatic heterocycles. The predicted molar refractivity (Wildman–Crippen MR) is 125 cm³/mol. The van der Waals surface area contributed by atoms with Crippen LogP contribution in [0.3, 0.4) is 0 Å². The zero-order valence-corrected chi connectivity index (χ0v) is 18.4. The molecule has 2 fully saturated rings. The first-order chi connectivity index (χ1) is 14.2. The van der Waals surface area contributed by atoms with E-state index in [0.717, 1.165) is 12.2 Å². The van der Waals surface area contributed by atoms with Crippen LogP contribution >= 0.6 is 23.8 Å². The maximum Gasteiger partial charge on any atom is 0.261 e. The number of hydrogen-bond donors (Lipinski definition) is 1. The van der Waals surface area contributed by atoms with Crippen molar-refractivity contribution >= 4 is 34.7 Å². The van der Waals surface area contributed by atoms with Gasteiger partial charge in [0.1, 0.15) is 6.61 Å². The number of nitrogens with zero attached hydrogens (tertiary/aromatic N) is 1. The van der Waals surface area contributed by atoms with E-state index >= 15 is 0 Å². The van der Waals surface area contributed by atoms with Crippen LogP contribution in [0.1, 0.15) is 50.0 Å². The van der Waals surface area contributed by atoms with Gasteiger partial charge in [0.2, 0.25) is 0 Å². The summed E-state index contributed by atoms with van der Waals surface area (Å²) >= 11 is 11.5. The van der Waals surface area contributed by atoms with Gasteiger partial charge < -0.3 is 10.1 Å². The van der Waals surface area contributed by atoms with Crippen molar-refractivity contribution in [2.45, 2.75) is 50.0 Å². The topological polar surface area (TPSA) is 24.5 Å². The molecule has 0 bridgehead atoms. The minimum atomic E-state index is 0.367. The van der Waals surface area contributed by atoms with Crippen molar-refractivity contribution in [1.82, 2.24) is 4.90 Å². The molecular formula is C24H29ClN2OS. The average molecular weight is 429 g/mol. The van der Waals surface area contributed by atoms with Gasteiger partial charge >= 0.3 is 0 Å². The van der Waals surface area contributed by atoms with Crippen LogP contribution in [0, 0.1) is 0 Å². The van der Waals surface area contributed by atoms with Gasteiger partial charge in [-0.05, 0) is 80.9 Å². The summed E-state index contributed by atoms with van der Waals surface area (Å²) in [4.78, 5) is 2.66. The van der Waals surface area contributed by atoms with E-state index in [1.807, 2.05) is 24.3 Å². The van der Waals surface area contributed by atoms with Crippen LogP contribution in [0.4, 0.5) is 5.69 Å². The quantitative estimate of drug-likeness (QED) is 0.569. The van der Waals surface area contributed by atoms with Gasteiger partial charge in [0, 0.05) is 12.1 Å². The number of anilines is 1. The highest BCUT2D eigenvalue weighted by Crippen LogP contribution is 2.46. The molecule has 1 saturated carbocycles. The van der Waals surface area contributed by atoms with E-state index in [1.165, 1.54) is 50.6 Å². The molecule has 0 unspecified atom stereocenters. The number of ether oxygens (including phenoxy) is 1. The standard InChI is InChI=1S/C24H29ClN2OS/c25-21-9-4-5-10-22(21)26-23(29)28-18-17-27-16-6-13-24(27)14-11-20(12-15-24)19-7-2-1-3-8-19/h1-5,7-10,20H,6,11-18H2,(H,26,29). The highest BCUT2D eigenvalue weighted by molar-refractivity contribution is 7.80. The zero-order valence-electron chi connectivity index (χ0n) is 16.8. The van der Waals surface area contributed by atoms with E-state index in [-0.39, 0.29) is 0 Å². The fourth-order valence-corrected chi connectivity index (χ4v) is 5.46. The van der Waals surface area contributed by atoms with Crippen molar-refractivity contribution in [3.05, 3.63) is 65.2 Å². The van der Waals surface area contributed by atoms with Crippen LogP contribution in [-0.2, 0) is 4.74 Å². The van der Waals surface area contributed by atoms with Gasteiger partial charge in [-0.2, -0.15) is 0 Å². The van der Waals surface area contributed by atoms with Gasteiger partial charge in [0.15, 0.2) is 0 Å². The highest BCUT2D eigenvalue weighted by Gasteiger charge is 2.43. The van der Waals surface area contributed by atoms with Crippen LogP contribution < -0.4 is 5.32 Å². The predicted octanol–water partition coefficient (Wildman–Crippen LogP) is 6.25. The number of rotatable bonds is 5. The molecule has 2 aliphatic rings. The molecule has 0 atom stereocenters. The van der Waals surface area contributed by atoms with Crippen molar-refractivity contribution in [2.75, 3.05) is 25.0 Å². The monoisotopic (exact) mass is 428 g/mol. The lowest BCUT2D eigenvalue weighted by Gasteiger charge is -2.44. The van der Waals surface area contributed by atoms with Crippen molar-refractivity contribution < 1.29 is 4.74 Å². The third-order valence-electron chi connectivity index (χ3n) is 6.63. The van der Waals surface area contributed by atoms with Gasteiger partial charge in [-0.15, -0.1) is 0 Å². The summed E-state index contributed by atoms with van der Waals surface area (Å²) in [5, 5.41) is 4.12. The average Bonchev–Trinajstić information content (AvgIpc) is 3.13. The Kier molecular flexibility index (Phi) is 6.74. The van der Waals surface area contributed by atoms with Gasteiger partial charge in [-0.3, -0.25) is 4.90 Å². The highest BCUT2D eigenvalue weighted by atomic mass is 35.5. The molecule has 29 heavy (non-hydrogen) atoms. The Balaban J connectivity index is 1.26. The Hall–Kier alpha value is -1.62. The second-order valence-electron chi connectivity index (χ2n) is 8.24. The Bertz CT molecular complexity index is 821. The van der Waals surface area contributed by atoms with E-state index in [9.17, 15) is 0 Å². The van der Waals surface area contributed by atoms with Crippen molar-refractivity contribution in [1.29, 1.82) is 0 Å². The van der Waals surface area contributed by atoms with Crippen LogP contribution in [-0.4, -0.2) is 35.3 Å². The molecule has 0 radical (unpaired) electrons. The minimum Gasteiger partial charge on any atom is -0.469 e. The molecule has 1 heterocycles. The molecule has 154 valence electrons. The van der Waals surface area contributed by atoms with E-state index < -0.39 is 0 Å². The fraction of sp³-hybridized carbons (Fsp3) is 0.458. The van der Waals surface area contributed by atoms with Gasteiger partial charge in [0.05, 0.1) is 10.7 Å². The van der Waals surface area contributed by atoms with E-state index in [0.29, 0.717) is 28.3 Å². The summed E-state index contributed by atoms with van der Waals surface area (Å²) in [5.41, 5.74) is 2.66. The lowest BCUT2D eigenvalue weighted by Crippen LogP contribution is -2.47. The molecule has 0 amide bonds. The summed E-state index contributed by atoms with van der Waals surface area (Å²) in [6.45, 7) is 2.71. The largest absolute Gasteiger partial charge is 0.469 e. The maximum absolute atomic E-state index is 6.17. The summed E-state index contributed by atoms with van der Waals surface area (Å²) in [7, 11) is 0. The maximum atomic E-state index is 6.17. The first-order valence-electron chi connectivity index (χ1n) is 10.6. The van der Waals surface area contributed by atoms with Gasteiger partial charge in [-0.25, -0.2) is 0 Å². The van der Waals surface area contributed by atoms with Crippen LogP contribution in [0.25, 0.3) is 0 Å². The van der Waals surface area contributed by atoms with Crippen molar-refractivity contribution in [3.63, 3.8) is 0 Å². The lowest BCUT2D eigenvalue weighted by molar-refractivity contribution is 0.0712. The number of thiocarbonyl (C=S) groups is 1. The summed E-state index contributed by atoms with van der Waals surface area (Å²) < 4.78 is 5.81. The Labute approximate surface area is 184 Å². The number of para-hydroxylation sites is 1.